The smallest absolute Gasteiger partial charge is 0.408 e. The second kappa shape index (κ2) is 13.8. The van der Waals surface area contributed by atoms with Gasteiger partial charge in [0, 0.05) is 17.3 Å². The van der Waals surface area contributed by atoms with Crippen LogP contribution in [0.4, 0.5) is 4.79 Å². The van der Waals surface area contributed by atoms with Crippen LogP contribution in [0.3, 0.4) is 0 Å². The maximum absolute atomic E-state index is 13.7. The predicted octanol–water partition coefficient (Wildman–Crippen LogP) is 6.14. The van der Waals surface area contributed by atoms with Gasteiger partial charge in [-0.25, -0.2) is 9.59 Å². The molecule has 1 amide bonds. The molecule has 3 rings (SSSR count). The maximum atomic E-state index is 13.7. The highest BCUT2D eigenvalue weighted by atomic mass is 79.9. The van der Waals surface area contributed by atoms with E-state index in [1.807, 2.05) is 54.6 Å². The largest absolute Gasteiger partial charge is 0.489 e. The first-order chi connectivity index (χ1) is 18.2. The molecule has 7 nitrogen and oxygen atoms in total. The van der Waals surface area contributed by atoms with Crippen LogP contribution in [0.2, 0.25) is 0 Å². The molecule has 0 bridgehead atoms. The lowest BCUT2D eigenvalue weighted by Gasteiger charge is -2.23. The van der Waals surface area contributed by atoms with Gasteiger partial charge in [0.2, 0.25) is 0 Å². The van der Waals surface area contributed by atoms with Gasteiger partial charge in [-0.3, -0.25) is 4.79 Å². The van der Waals surface area contributed by atoms with Crippen LogP contribution >= 0.6 is 15.9 Å². The van der Waals surface area contributed by atoms with Crippen LogP contribution in [0.15, 0.2) is 78.9 Å². The maximum Gasteiger partial charge on any atom is 0.408 e. The van der Waals surface area contributed by atoms with E-state index in [9.17, 15) is 14.4 Å². The molecule has 1 atom stereocenters. The summed E-state index contributed by atoms with van der Waals surface area (Å²) in [6.07, 6.45) is -0.542. The fourth-order valence-corrected chi connectivity index (χ4v) is 3.79. The summed E-state index contributed by atoms with van der Waals surface area (Å²) in [6.45, 7) is 5.83. The van der Waals surface area contributed by atoms with Crippen molar-refractivity contribution in [2.45, 2.75) is 45.4 Å². The summed E-state index contributed by atoms with van der Waals surface area (Å²) in [4.78, 5) is 38.9. The SMILES string of the molecule is CC(C)(C)OC(=O)N[C@@H](Cc1ccc(OCc2ccccc2)cc1)C(=O)c1ccccc1C(=O)OCCBr. The van der Waals surface area contributed by atoms with Crippen LogP contribution in [0.5, 0.6) is 5.75 Å². The molecule has 3 aromatic rings. The van der Waals surface area contributed by atoms with Crippen molar-refractivity contribution >= 4 is 33.8 Å². The van der Waals surface area contributed by atoms with E-state index in [1.54, 1.807) is 39.0 Å². The van der Waals surface area contributed by atoms with Crippen molar-refractivity contribution in [2.24, 2.45) is 0 Å². The minimum Gasteiger partial charge on any atom is -0.489 e. The summed E-state index contributed by atoms with van der Waals surface area (Å²) in [5.41, 5.74) is 1.41. The Labute approximate surface area is 231 Å². The molecule has 0 aliphatic carbocycles. The van der Waals surface area contributed by atoms with Gasteiger partial charge in [0.25, 0.3) is 0 Å². The molecule has 0 radical (unpaired) electrons. The number of ketones is 1. The number of benzene rings is 3. The van der Waals surface area contributed by atoms with Gasteiger partial charge in [-0.15, -0.1) is 0 Å². The number of hydrogen-bond acceptors (Lipinski definition) is 6. The minimum absolute atomic E-state index is 0.138. The number of esters is 1. The van der Waals surface area contributed by atoms with E-state index < -0.39 is 29.5 Å². The zero-order valence-electron chi connectivity index (χ0n) is 21.7. The average molecular weight is 582 g/mol. The number of carbonyl (C=O) groups excluding carboxylic acids is 3. The second-order valence-electron chi connectivity index (χ2n) is 9.56. The molecule has 0 aliphatic heterocycles. The molecule has 0 fully saturated rings. The van der Waals surface area contributed by atoms with Gasteiger partial charge in [-0.1, -0.05) is 76.6 Å². The second-order valence-corrected chi connectivity index (χ2v) is 10.3. The first-order valence-corrected chi connectivity index (χ1v) is 13.4. The normalized spacial score (nSPS) is 11.8. The van der Waals surface area contributed by atoms with E-state index in [4.69, 9.17) is 14.2 Å². The Morgan fingerprint density at radius 1 is 0.842 bits per heavy atom. The molecule has 3 aromatic carbocycles. The molecule has 0 unspecified atom stereocenters. The van der Waals surface area contributed by atoms with Gasteiger partial charge in [0.05, 0.1) is 11.6 Å². The molecule has 200 valence electrons. The highest BCUT2D eigenvalue weighted by Crippen LogP contribution is 2.19. The number of carbonyl (C=O) groups is 3. The van der Waals surface area contributed by atoms with Gasteiger partial charge in [-0.2, -0.15) is 0 Å². The molecular formula is C30H32BrNO6. The van der Waals surface area contributed by atoms with Gasteiger partial charge in [-0.05, 0) is 50.1 Å². The molecule has 0 saturated carbocycles. The number of hydrogen-bond donors (Lipinski definition) is 1. The summed E-state index contributed by atoms with van der Waals surface area (Å²) in [5, 5.41) is 3.16. The molecule has 0 aromatic heterocycles. The van der Waals surface area contributed by atoms with Gasteiger partial charge in [0.15, 0.2) is 5.78 Å². The Balaban J connectivity index is 1.80. The predicted molar refractivity (Wildman–Crippen MR) is 149 cm³/mol. The Hall–Kier alpha value is -3.65. The van der Waals surface area contributed by atoms with Crippen molar-refractivity contribution in [1.29, 1.82) is 0 Å². The van der Waals surface area contributed by atoms with Crippen LogP contribution in [0, 0.1) is 0 Å². The fraction of sp³-hybridized carbons (Fsp3) is 0.300. The van der Waals surface area contributed by atoms with Crippen molar-refractivity contribution in [1.82, 2.24) is 5.32 Å². The van der Waals surface area contributed by atoms with Gasteiger partial charge < -0.3 is 19.5 Å². The Bertz CT molecular complexity index is 1220. The van der Waals surface area contributed by atoms with Crippen molar-refractivity contribution in [2.75, 3.05) is 11.9 Å². The molecule has 8 heteroatoms. The van der Waals surface area contributed by atoms with Crippen LogP contribution in [0.25, 0.3) is 0 Å². The van der Waals surface area contributed by atoms with E-state index in [2.05, 4.69) is 21.2 Å². The number of halogens is 1. The quantitative estimate of drug-likeness (QED) is 0.166. The summed E-state index contributed by atoms with van der Waals surface area (Å²) >= 11 is 3.22. The number of Topliss-reactive ketones (excluding diaryl/α,β-unsaturated/α-hetero) is 1. The van der Waals surface area contributed by atoms with Crippen LogP contribution < -0.4 is 10.1 Å². The van der Waals surface area contributed by atoms with E-state index in [-0.39, 0.29) is 24.2 Å². The Morgan fingerprint density at radius 2 is 1.47 bits per heavy atom. The minimum atomic E-state index is -0.980. The van der Waals surface area contributed by atoms with Crippen molar-refractivity contribution < 1.29 is 28.6 Å². The summed E-state index contributed by atoms with van der Waals surface area (Å²) < 4.78 is 16.5. The van der Waals surface area contributed by atoms with Crippen molar-refractivity contribution in [3.8, 4) is 5.75 Å². The molecule has 0 aliphatic rings. The molecular weight excluding hydrogens is 550 g/mol. The van der Waals surface area contributed by atoms with E-state index in [0.717, 1.165) is 11.1 Å². The molecule has 1 N–H and O–H groups in total. The third-order valence-corrected chi connectivity index (χ3v) is 5.67. The number of alkyl halides is 1. The third-order valence-electron chi connectivity index (χ3n) is 5.34. The topological polar surface area (TPSA) is 90.9 Å². The summed E-state index contributed by atoms with van der Waals surface area (Å²) in [6, 6.07) is 22.6. The zero-order chi connectivity index (χ0) is 27.5. The third kappa shape index (κ3) is 9.03. The summed E-state index contributed by atoms with van der Waals surface area (Å²) in [5.74, 6) is -0.351. The molecule has 0 spiro atoms. The van der Waals surface area contributed by atoms with Gasteiger partial charge in [0.1, 0.15) is 24.6 Å². The number of rotatable bonds is 11. The van der Waals surface area contributed by atoms with Crippen LogP contribution in [-0.4, -0.2) is 41.4 Å². The van der Waals surface area contributed by atoms with Crippen LogP contribution in [0.1, 0.15) is 52.6 Å². The average Bonchev–Trinajstić information content (AvgIpc) is 2.90. The van der Waals surface area contributed by atoms with Crippen LogP contribution in [-0.2, 0) is 22.5 Å². The number of amides is 1. The standard InChI is InChI=1S/C30H32BrNO6/c1-30(2,3)38-29(35)32-26(27(33)24-11-7-8-12-25(24)28(34)36-18-17-31)19-21-13-15-23(16-14-21)37-20-22-9-5-4-6-10-22/h4-16,26H,17-20H2,1-3H3,(H,32,35)/t26-/m0/s1. The van der Waals surface area contributed by atoms with Gasteiger partial charge >= 0.3 is 12.1 Å². The monoisotopic (exact) mass is 581 g/mol. The van der Waals surface area contributed by atoms with E-state index in [1.165, 1.54) is 6.07 Å². The molecule has 0 saturated heterocycles. The lowest BCUT2D eigenvalue weighted by atomic mass is 9.94. The van der Waals surface area contributed by atoms with E-state index in [0.29, 0.717) is 17.7 Å². The van der Waals surface area contributed by atoms with E-state index >= 15 is 0 Å². The highest BCUT2D eigenvalue weighted by molar-refractivity contribution is 9.09. The number of nitrogens with one attached hydrogen (secondary N) is 1. The van der Waals surface area contributed by atoms with Crippen molar-refractivity contribution in [3.63, 3.8) is 0 Å². The lowest BCUT2D eigenvalue weighted by molar-refractivity contribution is 0.0491. The Kier molecular flexibility index (Phi) is 10.5. The number of ether oxygens (including phenoxy) is 3. The Morgan fingerprint density at radius 3 is 2.11 bits per heavy atom. The first-order valence-electron chi connectivity index (χ1n) is 12.3. The molecule has 0 heterocycles. The number of alkyl carbamates (subject to hydrolysis) is 1. The summed E-state index contributed by atoms with van der Waals surface area (Å²) in [7, 11) is 0. The lowest BCUT2D eigenvalue weighted by Crippen LogP contribution is -2.45. The van der Waals surface area contributed by atoms with Crippen molar-refractivity contribution in [3.05, 3.63) is 101 Å². The molecule has 38 heavy (non-hydrogen) atoms. The first kappa shape index (κ1) is 28.9. The zero-order valence-corrected chi connectivity index (χ0v) is 23.3. The highest BCUT2D eigenvalue weighted by Gasteiger charge is 2.28. The fourth-order valence-electron chi connectivity index (χ4n) is 3.63.